The molecule has 3 aromatic heterocycles. The van der Waals surface area contributed by atoms with Gasteiger partial charge in [0.2, 0.25) is 0 Å². The zero-order chi connectivity index (χ0) is 78.8. The molecular formula is C72H56N4OPtSi-2. The Labute approximate surface area is 520 Å². The molecule has 0 unspecified atom stereocenters. The number of hydrogen-bond donors (Lipinski definition) is 0. The minimum absolute atomic E-state index is 0. The van der Waals surface area contributed by atoms with Gasteiger partial charge in [-0.05, 0) is 96.5 Å². The fourth-order valence-electron chi connectivity index (χ4n) is 9.70. The number of pyridine rings is 1. The molecular weight excluding hydrogens is 1160 g/mol. The maximum Gasteiger partial charge on any atom is 0.268 e. The first kappa shape index (κ1) is 27.3. The summed E-state index contributed by atoms with van der Waals surface area (Å²) in [6.45, 7) is -0.563. The van der Waals surface area contributed by atoms with Gasteiger partial charge in [0.25, 0.3) is 6.33 Å². The summed E-state index contributed by atoms with van der Waals surface area (Å²) in [5.41, 5.74) is -1.01. The molecule has 0 aliphatic rings. The maximum absolute atomic E-state index is 10.4. The van der Waals surface area contributed by atoms with E-state index < -0.39 is 210 Å². The van der Waals surface area contributed by atoms with Gasteiger partial charge in [-0.3, -0.25) is 4.57 Å². The van der Waals surface area contributed by atoms with Crippen LogP contribution in [0.5, 0.6) is 11.5 Å². The Morgan fingerprint density at radius 1 is 0.570 bits per heavy atom. The summed E-state index contributed by atoms with van der Waals surface area (Å²) in [6, 6.07) is 7.64. The summed E-state index contributed by atoms with van der Waals surface area (Å²) in [4.78, 5) is 4.75. The second kappa shape index (κ2) is 20.9. The molecule has 10 aromatic carbocycles. The number of fused-ring (bicyclic) bond motifs is 4. The Morgan fingerprint density at radius 3 is 1.87 bits per heavy atom. The quantitative estimate of drug-likeness (QED) is 0.0560. The Balaban J connectivity index is 0.0000111. The summed E-state index contributed by atoms with van der Waals surface area (Å²) >= 11 is 0. The van der Waals surface area contributed by atoms with Gasteiger partial charge in [-0.1, -0.05) is 226 Å². The van der Waals surface area contributed by atoms with Crippen molar-refractivity contribution >= 4 is 61.7 Å². The molecule has 0 saturated heterocycles. The maximum atomic E-state index is 10.4. The third kappa shape index (κ3) is 9.15. The summed E-state index contributed by atoms with van der Waals surface area (Å²) < 4.78 is 286. The van der Waals surface area contributed by atoms with Crippen LogP contribution in [0.2, 0.25) is 0 Å². The van der Waals surface area contributed by atoms with Gasteiger partial charge in [-0.25, -0.2) is 4.98 Å². The van der Waals surface area contributed by atoms with Gasteiger partial charge in [0.15, 0.2) is 8.07 Å². The number of hydrogen-bond acceptors (Lipinski definition) is 2. The van der Waals surface area contributed by atoms with Crippen LogP contribution in [0.1, 0.15) is 78.6 Å². The van der Waals surface area contributed by atoms with Gasteiger partial charge in [-0.15, -0.1) is 29.7 Å². The number of para-hydroxylation sites is 3. The van der Waals surface area contributed by atoms with Crippen LogP contribution in [-0.2, 0) is 26.5 Å². The van der Waals surface area contributed by atoms with Gasteiger partial charge in [-0.2, -0.15) is 18.2 Å². The molecule has 0 saturated carbocycles. The van der Waals surface area contributed by atoms with Crippen LogP contribution in [0.3, 0.4) is 0 Å². The molecule has 386 valence electrons. The van der Waals surface area contributed by atoms with Crippen LogP contribution < -0.4 is 30.1 Å². The second-order valence-corrected chi connectivity index (χ2v) is 22.5. The van der Waals surface area contributed by atoms with E-state index in [9.17, 15) is 13.7 Å². The monoisotopic (exact) mass is 1250 g/mol. The Kier molecular flexibility index (Phi) is 7.23. The first-order valence-corrected chi connectivity index (χ1v) is 26.2. The van der Waals surface area contributed by atoms with E-state index in [1.165, 1.54) is 15.2 Å². The molecule has 7 heteroatoms. The number of ether oxygens (including phenoxy) is 1. The molecule has 0 atom stereocenters. The smallest absolute Gasteiger partial charge is 0.268 e. The van der Waals surface area contributed by atoms with Crippen molar-refractivity contribution in [2.75, 3.05) is 0 Å². The number of nitrogens with zero attached hydrogens (tertiary/aromatic N) is 4. The van der Waals surface area contributed by atoms with E-state index >= 15 is 0 Å². The average molecular weight is 1250 g/mol. The van der Waals surface area contributed by atoms with Gasteiger partial charge < -0.3 is 13.9 Å². The van der Waals surface area contributed by atoms with E-state index in [0.29, 0.717) is 38.6 Å². The molecule has 13 rings (SSSR count). The van der Waals surface area contributed by atoms with Gasteiger partial charge >= 0.3 is 0 Å². The minimum Gasteiger partial charge on any atom is -0.510 e. The molecule has 5 nitrogen and oxygen atoms in total. The van der Waals surface area contributed by atoms with E-state index in [2.05, 4.69) is 18.5 Å². The Morgan fingerprint density at radius 2 is 1.19 bits per heavy atom. The summed E-state index contributed by atoms with van der Waals surface area (Å²) in [5, 5.41) is -3.24. The van der Waals surface area contributed by atoms with Gasteiger partial charge in [0.05, 0.1) is 49.6 Å². The van der Waals surface area contributed by atoms with Crippen LogP contribution in [-0.4, -0.2) is 22.2 Å². The first-order valence-electron chi connectivity index (χ1n) is 39.2. The Hall–Kier alpha value is -8.67. The van der Waals surface area contributed by atoms with Crippen molar-refractivity contribution < 1.29 is 71.5 Å². The molecule has 0 aliphatic heterocycles. The van der Waals surface area contributed by atoms with Gasteiger partial charge in [0.1, 0.15) is 5.82 Å². The third-order valence-electron chi connectivity index (χ3n) is 13.3. The fourth-order valence-corrected chi connectivity index (χ4v) is 13.3. The van der Waals surface area contributed by atoms with E-state index in [1.807, 2.05) is 20.8 Å². The third-order valence-corrected chi connectivity index (χ3v) is 17.3. The molecule has 79 heavy (non-hydrogen) atoms. The Bertz CT molecular complexity index is 5800. The topological polar surface area (TPSA) is 35.9 Å². The van der Waals surface area contributed by atoms with Crippen LogP contribution >= 0.6 is 0 Å². The largest absolute Gasteiger partial charge is 0.510 e. The zero-order valence-electron chi connectivity index (χ0n) is 71.8. The number of rotatable bonds is 11. The van der Waals surface area contributed by atoms with Gasteiger partial charge in [0, 0.05) is 58.1 Å². The predicted octanol–water partition coefficient (Wildman–Crippen LogP) is 14.2. The van der Waals surface area contributed by atoms with Crippen molar-refractivity contribution in [3.8, 4) is 50.9 Å². The fraction of sp³-hybridized carbons (Fsp3) is 0.0833. The van der Waals surface area contributed by atoms with E-state index in [1.54, 1.807) is 89.5 Å². The zero-order valence-corrected chi connectivity index (χ0v) is 45.1. The predicted molar refractivity (Wildman–Crippen MR) is 323 cm³/mol. The second-order valence-electron chi connectivity index (χ2n) is 19.0. The molecule has 0 radical (unpaired) electrons. The van der Waals surface area contributed by atoms with Crippen molar-refractivity contribution in [1.82, 2.24) is 14.1 Å². The molecule has 0 fully saturated rings. The molecule has 0 aliphatic carbocycles. The van der Waals surface area contributed by atoms with Crippen LogP contribution in [0.4, 0.5) is 0 Å². The van der Waals surface area contributed by atoms with Crippen LogP contribution in [0.15, 0.2) is 248 Å². The standard InChI is InChI=1S/C72H56N4OSi.Pt/c1-50-43-70(73-48-65(50)53-26-22-35-61(44-53)78(58-29-12-7-13-30-58,59-31-14-8-15-32-59)60-33-16-9-17-34-60)76-66-37-19-18-36-62(66)63-41-40-57(47-69(63)76)77-56-28-23-27-55(46-56)74-49-75(68-39-21-20-38-67(68)74)71-51(2)42-54(72(3,4)5)45-64(71)52-24-10-6-11-25-52;/h6-45,48H,1-5H3;/q-2;/i1D3,2D3,6D,7D,8D,9D,10D,11D,12D,13D,14D,15D,16D,17D,22D,24D,25D,26D,29D,30D,31D,32D,33D,34D,35D,44D;. The van der Waals surface area contributed by atoms with E-state index in [0.717, 1.165) is 12.3 Å². The van der Waals surface area contributed by atoms with Crippen molar-refractivity contribution in [1.29, 1.82) is 0 Å². The summed E-state index contributed by atoms with van der Waals surface area (Å²) in [7, 11) is -6.33. The van der Waals surface area contributed by atoms with Crippen molar-refractivity contribution in [2.24, 2.45) is 0 Å². The molecule has 0 bridgehead atoms. The van der Waals surface area contributed by atoms with Crippen molar-refractivity contribution in [3.63, 3.8) is 0 Å². The summed E-state index contributed by atoms with van der Waals surface area (Å²) in [6.07, 6.45) is 4.23. The van der Waals surface area contributed by atoms with Crippen molar-refractivity contribution in [3.05, 3.63) is 283 Å². The first-order chi connectivity index (χ1) is 50.5. The molecule has 13 aromatic rings. The number of imidazole rings is 1. The number of aromatic nitrogens is 4. The number of benzene rings is 10. The van der Waals surface area contributed by atoms with E-state index in [4.69, 9.17) is 37.1 Å². The molecule has 0 amide bonds. The molecule has 0 N–H and O–H groups in total. The normalized spacial score (nSPS) is 17.5. The molecule has 0 spiro atoms. The van der Waals surface area contributed by atoms with Crippen molar-refractivity contribution in [2.45, 2.75) is 39.9 Å². The number of aryl methyl sites for hydroxylation is 2. The van der Waals surface area contributed by atoms with E-state index in [-0.39, 0.29) is 66.3 Å². The van der Waals surface area contributed by atoms with Crippen LogP contribution in [0.25, 0.3) is 72.3 Å². The average Bonchev–Trinajstić information content (AvgIpc) is 1.01. The molecule has 3 heterocycles. The SMILES string of the molecule is [2H]c1c([2H])c([2H])c(-c2cc(C(C)(C)C)cc(C([2H])([2H])[2H])c2-[n+]2[c-]n(-c3[c-]c(Oc4[c-]c5c(cc4)c4ccccc4n5-c4cc(C([2H])([2H])[2H])c(-c5c([2H])c([2H])c([2H])c([Si](c6c([2H])c([2H])c([2H])c([2H])c6[2H])(c6c([2H])c([2H])c([2H])c([2H])c6[2H])c6c([2H])c([2H])c([2H])c([2H])c6[2H])c5[2H])cn4)ccc3)c3ccccc32)c([2H])c1[2H].[Pt]. The minimum atomic E-state index is -6.33. The summed E-state index contributed by atoms with van der Waals surface area (Å²) in [5.74, 6) is 0.00447. The van der Waals surface area contributed by atoms with Crippen LogP contribution in [0, 0.1) is 32.2 Å².